The van der Waals surface area contributed by atoms with Gasteiger partial charge in [-0.05, 0) is 13.3 Å². The summed E-state index contributed by atoms with van der Waals surface area (Å²) < 4.78 is 4.98. The van der Waals surface area contributed by atoms with E-state index < -0.39 is 5.54 Å². The number of ether oxygens (including phenoxy) is 1. The van der Waals surface area contributed by atoms with Gasteiger partial charge in [0.1, 0.15) is 5.54 Å². The Hall–Kier alpha value is -0.410. The Balaban J connectivity index is 2.61. The molecule has 9 heavy (non-hydrogen) atoms. The minimum atomic E-state index is -0.667. The van der Waals surface area contributed by atoms with Crippen LogP contribution in [0, 0.1) is 0 Å². The molecule has 1 aliphatic heterocycles. The first-order valence-corrected chi connectivity index (χ1v) is 3.03. The monoisotopic (exact) mass is 129 g/mol. The van der Waals surface area contributed by atoms with Gasteiger partial charge < -0.3 is 10.5 Å². The molecule has 0 aliphatic carbocycles. The maximum absolute atomic E-state index is 10.8. The van der Waals surface area contributed by atoms with Gasteiger partial charge in [-0.25, -0.2) is 0 Å². The van der Waals surface area contributed by atoms with Crippen LogP contribution in [0.3, 0.4) is 0 Å². The van der Waals surface area contributed by atoms with Crippen LogP contribution >= 0.6 is 0 Å². The van der Waals surface area contributed by atoms with Crippen molar-refractivity contribution < 1.29 is 9.53 Å². The number of hydrogen-bond acceptors (Lipinski definition) is 3. The van der Waals surface area contributed by atoms with E-state index in [1.165, 1.54) is 6.92 Å². The highest BCUT2D eigenvalue weighted by atomic mass is 16.5. The molecule has 1 fully saturated rings. The summed E-state index contributed by atoms with van der Waals surface area (Å²) in [5, 5.41) is 0. The first kappa shape index (κ1) is 6.71. The topological polar surface area (TPSA) is 52.3 Å². The summed E-state index contributed by atoms with van der Waals surface area (Å²) in [6.07, 6.45) is 0.669. The molecule has 0 aromatic rings. The Labute approximate surface area is 54.2 Å². The van der Waals surface area contributed by atoms with Gasteiger partial charge in [0, 0.05) is 6.61 Å². The van der Waals surface area contributed by atoms with Crippen molar-refractivity contribution in [2.24, 2.45) is 5.73 Å². The molecule has 0 bridgehead atoms. The van der Waals surface area contributed by atoms with E-state index in [0.717, 1.165) is 0 Å². The number of carbonyl (C=O) groups excluding carboxylic acids is 1. The van der Waals surface area contributed by atoms with Crippen LogP contribution in [0.2, 0.25) is 0 Å². The van der Waals surface area contributed by atoms with E-state index in [1.807, 2.05) is 0 Å². The van der Waals surface area contributed by atoms with Gasteiger partial charge in [0.05, 0.1) is 6.61 Å². The molecule has 0 saturated carbocycles. The van der Waals surface area contributed by atoms with E-state index >= 15 is 0 Å². The average Bonchev–Trinajstić information content (AvgIpc) is 2.16. The van der Waals surface area contributed by atoms with Gasteiger partial charge in [-0.3, -0.25) is 4.79 Å². The van der Waals surface area contributed by atoms with Gasteiger partial charge in [0.2, 0.25) is 0 Å². The standard InChI is InChI=1S/C6H11NO2/c1-5(8)6(7)2-3-9-4-6/h2-4,7H2,1H3/t6-/m0/s1. The molecule has 1 rings (SSSR count). The molecule has 0 spiro atoms. The zero-order valence-corrected chi connectivity index (χ0v) is 5.52. The molecule has 3 heteroatoms. The van der Waals surface area contributed by atoms with E-state index in [-0.39, 0.29) is 5.78 Å². The smallest absolute Gasteiger partial charge is 0.152 e. The lowest BCUT2D eigenvalue weighted by molar-refractivity contribution is -0.122. The van der Waals surface area contributed by atoms with Gasteiger partial charge in [0.15, 0.2) is 5.78 Å². The second-order valence-electron chi connectivity index (χ2n) is 2.51. The molecule has 0 unspecified atom stereocenters. The van der Waals surface area contributed by atoms with Crippen molar-refractivity contribution in [2.75, 3.05) is 13.2 Å². The zero-order valence-electron chi connectivity index (χ0n) is 5.52. The fourth-order valence-electron chi connectivity index (χ4n) is 0.858. The van der Waals surface area contributed by atoms with Crippen molar-refractivity contribution in [3.05, 3.63) is 0 Å². The van der Waals surface area contributed by atoms with Gasteiger partial charge in [-0.2, -0.15) is 0 Å². The summed E-state index contributed by atoms with van der Waals surface area (Å²) in [7, 11) is 0. The van der Waals surface area contributed by atoms with Gasteiger partial charge in [0.25, 0.3) is 0 Å². The largest absolute Gasteiger partial charge is 0.379 e. The third-order valence-corrected chi connectivity index (χ3v) is 1.75. The van der Waals surface area contributed by atoms with Crippen molar-refractivity contribution in [1.29, 1.82) is 0 Å². The predicted octanol–water partition coefficient (Wildman–Crippen LogP) is -0.307. The second-order valence-corrected chi connectivity index (χ2v) is 2.51. The third-order valence-electron chi connectivity index (χ3n) is 1.75. The Morgan fingerprint density at radius 2 is 2.44 bits per heavy atom. The van der Waals surface area contributed by atoms with Gasteiger partial charge in [-0.15, -0.1) is 0 Å². The summed E-state index contributed by atoms with van der Waals surface area (Å²) in [5.41, 5.74) is 4.96. The number of nitrogens with two attached hydrogens (primary N) is 1. The molecule has 1 heterocycles. The molecule has 1 aliphatic rings. The van der Waals surface area contributed by atoms with Crippen molar-refractivity contribution in [3.8, 4) is 0 Å². The Morgan fingerprint density at radius 3 is 2.67 bits per heavy atom. The molecule has 3 nitrogen and oxygen atoms in total. The third kappa shape index (κ3) is 1.11. The number of carbonyl (C=O) groups is 1. The Kier molecular flexibility index (Phi) is 1.55. The molecular weight excluding hydrogens is 118 g/mol. The zero-order chi connectivity index (χ0) is 6.91. The van der Waals surface area contributed by atoms with Crippen LogP contribution in [0.4, 0.5) is 0 Å². The molecule has 1 saturated heterocycles. The van der Waals surface area contributed by atoms with E-state index in [2.05, 4.69) is 0 Å². The van der Waals surface area contributed by atoms with E-state index in [0.29, 0.717) is 19.6 Å². The Morgan fingerprint density at radius 1 is 1.78 bits per heavy atom. The fraction of sp³-hybridized carbons (Fsp3) is 0.833. The van der Waals surface area contributed by atoms with E-state index in [1.54, 1.807) is 0 Å². The van der Waals surface area contributed by atoms with Crippen LogP contribution in [0.15, 0.2) is 0 Å². The number of Topliss-reactive ketones (excluding diaryl/α,β-unsaturated/α-hetero) is 1. The van der Waals surface area contributed by atoms with Crippen LogP contribution in [-0.4, -0.2) is 24.5 Å². The first-order valence-electron chi connectivity index (χ1n) is 3.03. The van der Waals surface area contributed by atoms with Crippen molar-refractivity contribution in [2.45, 2.75) is 18.9 Å². The molecule has 0 aromatic heterocycles. The lowest BCUT2D eigenvalue weighted by atomic mass is 9.96. The highest BCUT2D eigenvalue weighted by molar-refractivity contribution is 5.86. The molecule has 52 valence electrons. The van der Waals surface area contributed by atoms with Crippen LogP contribution in [0.25, 0.3) is 0 Å². The molecule has 0 amide bonds. The highest BCUT2D eigenvalue weighted by Gasteiger charge is 2.34. The summed E-state index contributed by atoms with van der Waals surface area (Å²) in [6, 6.07) is 0. The molecule has 1 atom stereocenters. The average molecular weight is 129 g/mol. The Bertz CT molecular complexity index is 127. The number of ketones is 1. The van der Waals surface area contributed by atoms with Crippen molar-refractivity contribution >= 4 is 5.78 Å². The SMILES string of the molecule is CC(=O)[C@]1(N)CCOC1. The van der Waals surface area contributed by atoms with Crippen LogP contribution in [0.1, 0.15) is 13.3 Å². The number of hydrogen-bond donors (Lipinski definition) is 1. The maximum Gasteiger partial charge on any atom is 0.152 e. The molecular formula is C6H11NO2. The first-order chi connectivity index (χ1) is 4.15. The lowest BCUT2D eigenvalue weighted by Crippen LogP contribution is -2.47. The van der Waals surface area contributed by atoms with Crippen molar-refractivity contribution in [1.82, 2.24) is 0 Å². The van der Waals surface area contributed by atoms with Crippen LogP contribution < -0.4 is 5.73 Å². The lowest BCUT2D eigenvalue weighted by Gasteiger charge is -2.16. The second kappa shape index (κ2) is 2.08. The van der Waals surface area contributed by atoms with Crippen molar-refractivity contribution in [3.63, 3.8) is 0 Å². The summed E-state index contributed by atoms with van der Waals surface area (Å²) in [4.78, 5) is 10.8. The quantitative estimate of drug-likeness (QED) is 0.528. The minimum absolute atomic E-state index is 0.0278. The fourth-order valence-corrected chi connectivity index (χ4v) is 0.858. The molecule has 2 N–H and O–H groups in total. The van der Waals surface area contributed by atoms with Gasteiger partial charge in [-0.1, -0.05) is 0 Å². The molecule has 0 radical (unpaired) electrons. The van der Waals surface area contributed by atoms with E-state index in [4.69, 9.17) is 10.5 Å². The van der Waals surface area contributed by atoms with Crippen LogP contribution in [0.5, 0.6) is 0 Å². The number of rotatable bonds is 1. The summed E-state index contributed by atoms with van der Waals surface area (Å²) in [5.74, 6) is 0.0278. The summed E-state index contributed by atoms with van der Waals surface area (Å²) >= 11 is 0. The predicted molar refractivity (Wildman–Crippen MR) is 33.0 cm³/mol. The maximum atomic E-state index is 10.8. The minimum Gasteiger partial charge on any atom is -0.379 e. The van der Waals surface area contributed by atoms with E-state index in [9.17, 15) is 4.79 Å². The summed E-state index contributed by atoms with van der Waals surface area (Å²) in [6.45, 7) is 2.52. The normalized spacial score (nSPS) is 34.9. The molecule has 0 aromatic carbocycles. The van der Waals surface area contributed by atoms with Gasteiger partial charge >= 0.3 is 0 Å². The highest BCUT2D eigenvalue weighted by Crippen LogP contribution is 2.15. The van der Waals surface area contributed by atoms with Crippen LogP contribution in [-0.2, 0) is 9.53 Å².